The second-order valence-corrected chi connectivity index (χ2v) is 3.89. The number of anilines is 1. The van der Waals surface area contributed by atoms with Crippen molar-refractivity contribution in [1.29, 1.82) is 5.41 Å². The first-order valence-electron chi connectivity index (χ1n) is 5.40. The van der Waals surface area contributed by atoms with Crippen LogP contribution in [0.5, 0.6) is 0 Å². The van der Waals surface area contributed by atoms with Gasteiger partial charge in [0.15, 0.2) is 0 Å². The minimum absolute atomic E-state index is 0.0133. The Balaban J connectivity index is 3.19. The fourth-order valence-corrected chi connectivity index (χ4v) is 1.44. The summed E-state index contributed by atoms with van der Waals surface area (Å²) in [6.07, 6.45) is -4.54. The van der Waals surface area contributed by atoms with Gasteiger partial charge in [0, 0.05) is 20.7 Å². The molecule has 0 radical (unpaired) electrons. The van der Waals surface area contributed by atoms with E-state index < -0.39 is 11.9 Å². The Morgan fingerprint density at radius 3 is 2.58 bits per heavy atom. The topological polar surface area (TPSA) is 75.2 Å². The monoisotopic (exact) mass is 276 g/mol. The van der Waals surface area contributed by atoms with Gasteiger partial charge in [0.1, 0.15) is 17.3 Å². The molecule has 106 valence electrons. The van der Waals surface area contributed by atoms with E-state index in [1.807, 2.05) is 0 Å². The van der Waals surface area contributed by atoms with Gasteiger partial charge in [-0.2, -0.15) is 13.2 Å². The number of methoxy groups -OCH3 is 1. The number of hydrogen-bond donors (Lipinski definition) is 2. The van der Waals surface area contributed by atoms with E-state index in [-0.39, 0.29) is 17.2 Å². The van der Waals surface area contributed by atoms with E-state index in [0.29, 0.717) is 13.2 Å². The van der Waals surface area contributed by atoms with Crippen LogP contribution in [0.3, 0.4) is 0 Å². The van der Waals surface area contributed by atoms with Crippen LogP contribution in [0.25, 0.3) is 0 Å². The molecule has 1 aromatic heterocycles. The van der Waals surface area contributed by atoms with E-state index in [1.54, 1.807) is 7.05 Å². The predicted octanol–water partition coefficient (Wildman–Crippen LogP) is 1.47. The molecule has 1 rings (SSSR count). The number of pyridine rings is 1. The minimum Gasteiger partial charge on any atom is -0.384 e. The SMILES string of the molecule is COCCN(C)c1nc(C(F)(F)F)ccc1C(=N)N. The maximum atomic E-state index is 12.6. The third kappa shape index (κ3) is 3.82. The maximum absolute atomic E-state index is 12.6. The number of halogens is 3. The molecule has 0 fully saturated rings. The average molecular weight is 276 g/mol. The first-order valence-corrected chi connectivity index (χ1v) is 5.40. The van der Waals surface area contributed by atoms with Crippen LogP contribution in [0, 0.1) is 5.41 Å². The molecule has 0 amide bonds. The van der Waals surface area contributed by atoms with Gasteiger partial charge in [0.05, 0.1) is 12.2 Å². The summed E-state index contributed by atoms with van der Waals surface area (Å²) in [6.45, 7) is 0.664. The minimum atomic E-state index is -4.54. The molecule has 0 saturated carbocycles. The number of nitrogens with zero attached hydrogens (tertiary/aromatic N) is 2. The second kappa shape index (κ2) is 5.87. The van der Waals surface area contributed by atoms with Gasteiger partial charge in [-0.25, -0.2) is 4.98 Å². The molecule has 3 N–H and O–H groups in total. The van der Waals surface area contributed by atoms with Crippen molar-refractivity contribution < 1.29 is 17.9 Å². The van der Waals surface area contributed by atoms with Crippen molar-refractivity contribution in [3.63, 3.8) is 0 Å². The highest BCUT2D eigenvalue weighted by atomic mass is 19.4. The number of aromatic nitrogens is 1. The lowest BCUT2D eigenvalue weighted by Crippen LogP contribution is -2.28. The molecule has 5 nitrogen and oxygen atoms in total. The van der Waals surface area contributed by atoms with Gasteiger partial charge in [-0.3, -0.25) is 5.41 Å². The third-order valence-corrected chi connectivity index (χ3v) is 2.45. The number of nitrogen functional groups attached to an aromatic ring is 1. The largest absolute Gasteiger partial charge is 0.433 e. The van der Waals surface area contributed by atoms with Crippen molar-refractivity contribution in [2.45, 2.75) is 6.18 Å². The predicted molar refractivity (Wildman–Crippen MR) is 65.4 cm³/mol. The van der Waals surface area contributed by atoms with E-state index in [1.165, 1.54) is 12.0 Å². The molecule has 0 aromatic carbocycles. The number of likely N-dealkylation sites (N-methyl/N-ethyl adjacent to an activating group) is 1. The van der Waals surface area contributed by atoms with Gasteiger partial charge < -0.3 is 15.4 Å². The lowest BCUT2D eigenvalue weighted by molar-refractivity contribution is -0.141. The molecule has 0 atom stereocenters. The fourth-order valence-electron chi connectivity index (χ4n) is 1.44. The summed E-state index contributed by atoms with van der Waals surface area (Å²) in [5, 5.41) is 7.37. The van der Waals surface area contributed by atoms with E-state index in [4.69, 9.17) is 15.9 Å². The molecule has 0 spiro atoms. The number of nitrogens with one attached hydrogen (secondary N) is 1. The molecule has 19 heavy (non-hydrogen) atoms. The summed E-state index contributed by atoms with van der Waals surface area (Å²) in [5.74, 6) is -0.320. The maximum Gasteiger partial charge on any atom is 0.433 e. The second-order valence-electron chi connectivity index (χ2n) is 3.89. The number of alkyl halides is 3. The van der Waals surface area contributed by atoms with Crippen molar-refractivity contribution in [2.75, 3.05) is 32.2 Å². The number of amidine groups is 1. The van der Waals surface area contributed by atoms with E-state index in [2.05, 4.69) is 4.98 Å². The number of ether oxygens (including phenoxy) is 1. The zero-order valence-corrected chi connectivity index (χ0v) is 10.6. The van der Waals surface area contributed by atoms with Crippen LogP contribution in [-0.4, -0.2) is 38.1 Å². The molecule has 0 aliphatic heterocycles. The van der Waals surface area contributed by atoms with Crippen molar-refractivity contribution in [3.05, 3.63) is 23.4 Å². The molecule has 0 aliphatic rings. The summed E-state index contributed by atoms with van der Waals surface area (Å²) in [4.78, 5) is 5.01. The lowest BCUT2D eigenvalue weighted by atomic mass is 10.2. The van der Waals surface area contributed by atoms with Crippen molar-refractivity contribution in [3.8, 4) is 0 Å². The first kappa shape index (κ1) is 15.2. The summed E-state index contributed by atoms with van der Waals surface area (Å²) in [6, 6.07) is 1.96. The highest BCUT2D eigenvalue weighted by Gasteiger charge is 2.33. The smallest absolute Gasteiger partial charge is 0.384 e. The van der Waals surface area contributed by atoms with Gasteiger partial charge in [-0.15, -0.1) is 0 Å². The average Bonchev–Trinajstić information content (AvgIpc) is 2.33. The summed E-state index contributed by atoms with van der Waals surface area (Å²) < 4.78 is 42.7. The normalized spacial score (nSPS) is 11.4. The molecule has 8 heteroatoms. The summed E-state index contributed by atoms with van der Waals surface area (Å²) in [7, 11) is 3.05. The fraction of sp³-hybridized carbons (Fsp3) is 0.455. The molecule has 0 unspecified atom stereocenters. The van der Waals surface area contributed by atoms with Crippen LogP contribution in [0.15, 0.2) is 12.1 Å². The van der Waals surface area contributed by atoms with Crippen LogP contribution in [0.1, 0.15) is 11.3 Å². The van der Waals surface area contributed by atoms with E-state index in [9.17, 15) is 13.2 Å². The van der Waals surface area contributed by atoms with Crippen LogP contribution >= 0.6 is 0 Å². The molecular formula is C11H15F3N4O. The Kier molecular flexibility index (Phi) is 4.71. The zero-order valence-electron chi connectivity index (χ0n) is 10.6. The highest BCUT2D eigenvalue weighted by molar-refractivity contribution is 5.99. The molecule has 1 aromatic rings. The zero-order chi connectivity index (χ0) is 14.6. The third-order valence-electron chi connectivity index (χ3n) is 2.45. The van der Waals surface area contributed by atoms with Gasteiger partial charge in [0.2, 0.25) is 0 Å². The Morgan fingerprint density at radius 2 is 2.11 bits per heavy atom. The van der Waals surface area contributed by atoms with Crippen LogP contribution in [0.4, 0.5) is 19.0 Å². The highest BCUT2D eigenvalue weighted by Crippen LogP contribution is 2.30. The number of hydrogen-bond acceptors (Lipinski definition) is 4. The first-order chi connectivity index (χ1) is 8.77. The Hall–Kier alpha value is -1.83. The standard InChI is InChI=1S/C11H15F3N4O/c1-18(5-6-19-2)10-7(9(15)16)3-4-8(17-10)11(12,13)14/h3-4H,5-6H2,1-2H3,(H3,15,16). The van der Waals surface area contributed by atoms with Crippen molar-refractivity contribution >= 4 is 11.7 Å². The van der Waals surface area contributed by atoms with Crippen LogP contribution in [0.2, 0.25) is 0 Å². The number of rotatable bonds is 5. The van der Waals surface area contributed by atoms with Gasteiger partial charge >= 0.3 is 6.18 Å². The number of nitrogens with two attached hydrogens (primary N) is 1. The van der Waals surface area contributed by atoms with Gasteiger partial charge in [-0.05, 0) is 12.1 Å². The Morgan fingerprint density at radius 1 is 1.47 bits per heavy atom. The summed E-state index contributed by atoms with van der Waals surface area (Å²) >= 11 is 0. The quantitative estimate of drug-likeness (QED) is 0.630. The molecule has 0 saturated heterocycles. The Labute approximate surface area is 108 Å². The van der Waals surface area contributed by atoms with Gasteiger partial charge in [-0.1, -0.05) is 0 Å². The molecule has 1 heterocycles. The molecule has 0 aliphatic carbocycles. The lowest BCUT2D eigenvalue weighted by Gasteiger charge is -2.21. The van der Waals surface area contributed by atoms with E-state index >= 15 is 0 Å². The van der Waals surface area contributed by atoms with Crippen molar-refractivity contribution in [1.82, 2.24) is 4.98 Å². The molecular weight excluding hydrogens is 261 g/mol. The van der Waals surface area contributed by atoms with Gasteiger partial charge in [0.25, 0.3) is 0 Å². The van der Waals surface area contributed by atoms with Crippen LogP contribution < -0.4 is 10.6 Å². The molecule has 0 bridgehead atoms. The van der Waals surface area contributed by atoms with Crippen LogP contribution in [-0.2, 0) is 10.9 Å². The van der Waals surface area contributed by atoms with Crippen molar-refractivity contribution in [2.24, 2.45) is 5.73 Å². The van der Waals surface area contributed by atoms with E-state index in [0.717, 1.165) is 12.1 Å². The Bertz CT molecular complexity index is 462. The summed E-state index contributed by atoms with van der Waals surface area (Å²) in [5.41, 5.74) is 4.49.